The number of alkyl halides is 3. The number of halogens is 3. The first kappa shape index (κ1) is 15.8. The van der Waals surface area contributed by atoms with Gasteiger partial charge in [-0.2, -0.15) is 0 Å². The fraction of sp³-hybridized carbons (Fsp3) is 0.571. The summed E-state index contributed by atoms with van der Waals surface area (Å²) in [6.07, 6.45) is -3.68. The summed E-state index contributed by atoms with van der Waals surface area (Å²) in [6, 6.07) is 6.18. The molecule has 0 aliphatic heterocycles. The molecule has 1 rings (SSSR count). The second kappa shape index (κ2) is 6.80. The van der Waals surface area contributed by atoms with E-state index in [1.54, 1.807) is 6.07 Å². The average molecular weight is 275 g/mol. The van der Waals surface area contributed by atoms with Crippen molar-refractivity contribution in [2.45, 2.75) is 39.6 Å². The maximum absolute atomic E-state index is 12.2. The second-order valence-corrected chi connectivity index (χ2v) is 4.80. The van der Waals surface area contributed by atoms with Gasteiger partial charge in [-0.25, -0.2) is 0 Å². The summed E-state index contributed by atoms with van der Waals surface area (Å²) in [4.78, 5) is 0. The van der Waals surface area contributed by atoms with Crippen molar-refractivity contribution in [3.8, 4) is 5.75 Å². The van der Waals surface area contributed by atoms with Gasteiger partial charge < -0.3 is 10.1 Å². The summed E-state index contributed by atoms with van der Waals surface area (Å²) in [5.41, 5.74) is 0.810. The molecule has 0 radical (unpaired) electrons. The molecule has 1 aromatic carbocycles. The minimum absolute atomic E-state index is 0.0248. The van der Waals surface area contributed by atoms with Crippen LogP contribution in [-0.4, -0.2) is 12.9 Å². The van der Waals surface area contributed by atoms with Crippen LogP contribution in [0.5, 0.6) is 5.75 Å². The molecule has 1 aromatic rings. The fourth-order valence-electron chi connectivity index (χ4n) is 1.94. The van der Waals surface area contributed by atoms with Gasteiger partial charge in [0, 0.05) is 6.04 Å². The van der Waals surface area contributed by atoms with Gasteiger partial charge in [0.25, 0.3) is 0 Å². The third-order valence-corrected chi connectivity index (χ3v) is 2.73. The normalized spacial score (nSPS) is 13.6. The molecule has 0 aromatic heterocycles. The van der Waals surface area contributed by atoms with Gasteiger partial charge in [-0.05, 0) is 36.6 Å². The Hall–Kier alpha value is -1.23. The van der Waals surface area contributed by atoms with E-state index >= 15 is 0 Å². The summed E-state index contributed by atoms with van der Waals surface area (Å²) in [5, 5.41) is 3.34. The zero-order valence-electron chi connectivity index (χ0n) is 11.4. The standard InChI is InChI=1S/C14H20F3NO/c1-4-8-18-13(10(2)3)11-6-5-7-12(9-11)19-14(15,16)17/h5-7,9-10,13,18H,4,8H2,1-3H3. The summed E-state index contributed by atoms with van der Waals surface area (Å²) >= 11 is 0. The molecular formula is C14H20F3NO. The molecule has 0 fully saturated rings. The molecule has 0 saturated heterocycles. The Morgan fingerprint density at radius 2 is 1.95 bits per heavy atom. The molecule has 0 amide bonds. The Morgan fingerprint density at radius 3 is 2.47 bits per heavy atom. The Bertz CT molecular complexity index is 391. The van der Waals surface area contributed by atoms with Gasteiger partial charge >= 0.3 is 6.36 Å². The predicted octanol–water partition coefficient (Wildman–Crippen LogP) is 4.28. The molecule has 19 heavy (non-hydrogen) atoms. The van der Waals surface area contributed by atoms with E-state index in [1.165, 1.54) is 12.1 Å². The van der Waals surface area contributed by atoms with Gasteiger partial charge in [0.2, 0.25) is 0 Å². The molecule has 2 nitrogen and oxygen atoms in total. The van der Waals surface area contributed by atoms with Crippen LogP contribution < -0.4 is 10.1 Å². The Morgan fingerprint density at radius 1 is 1.26 bits per heavy atom. The molecule has 1 N–H and O–H groups in total. The van der Waals surface area contributed by atoms with Crippen molar-refractivity contribution < 1.29 is 17.9 Å². The number of hydrogen-bond donors (Lipinski definition) is 1. The van der Waals surface area contributed by atoms with Crippen molar-refractivity contribution in [2.24, 2.45) is 5.92 Å². The minimum atomic E-state index is -4.65. The Kier molecular flexibility index (Phi) is 5.66. The SMILES string of the molecule is CCCNC(c1cccc(OC(F)(F)F)c1)C(C)C. The van der Waals surface area contributed by atoms with Crippen molar-refractivity contribution in [1.29, 1.82) is 0 Å². The van der Waals surface area contributed by atoms with Gasteiger partial charge in [0.05, 0.1) is 0 Å². The van der Waals surface area contributed by atoms with E-state index in [0.29, 0.717) is 0 Å². The van der Waals surface area contributed by atoms with Gasteiger partial charge in [-0.15, -0.1) is 13.2 Å². The van der Waals surface area contributed by atoms with E-state index in [4.69, 9.17) is 0 Å². The largest absolute Gasteiger partial charge is 0.573 e. The zero-order valence-corrected chi connectivity index (χ0v) is 11.4. The molecule has 0 heterocycles. The van der Waals surface area contributed by atoms with Crippen LogP contribution in [0.4, 0.5) is 13.2 Å². The van der Waals surface area contributed by atoms with Crippen LogP contribution in [0.2, 0.25) is 0 Å². The van der Waals surface area contributed by atoms with Crippen molar-refractivity contribution >= 4 is 0 Å². The van der Waals surface area contributed by atoms with Gasteiger partial charge in [0.1, 0.15) is 5.75 Å². The number of rotatable bonds is 6. The van der Waals surface area contributed by atoms with Crippen LogP contribution in [0.25, 0.3) is 0 Å². The first-order valence-corrected chi connectivity index (χ1v) is 6.42. The molecule has 0 saturated carbocycles. The summed E-state index contributed by atoms with van der Waals surface area (Å²) in [7, 11) is 0. The maximum Gasteiger partial charge on any atom is 0.573 e. The first-order valence-electron chi connectivity index (χ1n) is 6.42. The van der Waals surface area contributed by atoms with Crippen molar-refractivity contribution in [1.82, 2.24) is 5.32 Å². The molecular weight excluding hydrogens is 255 g/mol. The van der Waals surface area contributed by atoms with Crippen molar-refractivity contribution in [2.75, 3.05) is 6.54 Å². The minimum Gasteiger partial charge on any atom is -0.406 e. The van der Waals surface area contributed by atoms with Gasteiger partial charge in [-0.1, -0.05) is 32.9 Å². The lowest BCUT2D eigenvalue weighted by Crippen LogP contribution is -2.26. The number of hydrogen-bond acceptors (Lipinski definition) is 2. The highest BCUT2D eigenvalue weighted by molar-refractivity contribution is 5.31. The Balaban J connectivity index is 2.88. The number of nitrogens with one attached hydrogen (secondary N) is 1. The summed E-state index contributed by atoms with van der Waals surface area (Å²) in [5.74, 6) is 0.113. The van der Waals surface area contributed by atoms with E-state index in [0.717, 1.165) is 18.5 Å². The zero-order chi connectivity index (χ0) is 14.5. The Labute approximate surface area is 112 Å². The second-order valence-electron chi connectivity index (χ2n) is 4.80. The smallest absolute Gasteiger partial charge is 0.406 e. The van der Waals surface area contributed by atoms with E-state index in [1.807, 2.05) is 26.8 Å². The highest BCUT2D eigenvalue weighted by Gasteiger charge is 2.31. The summed E-state index contributed by atoms with van der Waals surface area (Å²) in [6.45, 7) is 6.94. The van der Waals surface area contributed by atoms with E-state index in [-0.39, 0.29) is 17.7 Å². The topological polar surface area (TPSA) is 21.3 Å². The van der Waals surface area contributed by atoms with Crippen LogP contribution >= 0.6 is 0 Å². The molecule has 0 bridgehead atoms. The lowest BCUT2D eigenvalue weighted by atomic mass is 9.96. The lowest BCUT2D eigenvalue weighted by molar-refractivity contribution is -0.274. The number of ether oxygens (including phenoxy) is 1. The van der Waals surface area contributed by atoms with Crippen molar-refractivity contribution in [3.05, 3.63) is 29.8 Å². The predicted molar refractivity (Wildman–Crippen MR) is 69.0 cm³/mol. The summed E-state index contributed by atoms with van der Waals surface area (Å²) < 4.78 is 40.5. The monoisotopic (exact) mass is 275 g/mol. The third kappa shape index (κ3) is 5.51. The number of benzene rings is 1. The van der Waals surface area contributed by atoms with Crippen LogP contribution in [-0.2, 0) is 0 Å². The van der Waals surface area contributed by atoms with E-state index < -0.39 is 6.36 Å². The van der Waals surface area contributed by atoms with E-state index in [9.17, 15) is 13.2 Å². The average Bonchev–Trinajstić information content (AvgIpc) is 2.27. The van der Waals surface area contributed by atoms with Crippen LogP contribution in [0.1, 0.15) is 38.8 Å². The molecule has 0 aliphatic rings. The van der Waals surface area contributed by atoms with Crippen LogP contribution in [0.3, 0.4) is 0 Å². The van der Waals surface area contributed by atoms with Crippen LogP contribution in [0.15, 0.2) is 24.3 Å². The third-order valence-electron chi connectivity index (χ3n) is 2.73. The maximum atomic E-state index is 12.2. The quantitative estimate of drug-likeness (QED) is 0.836. The highest BCUT2D eigenvalue weighted by atomic mass is 19.4. The molecule has 5 heteroatoms. The molecule has 1 atom stereocenters. The fourth-order valence-corrected chi connectivity index (χ4v) is 1.94. The van der Waals surface area contributed by atoms with E-state index in [2.05, 4.69) is 10.1 Å². The first-order chi connectivity index (χ1) is 8.83. The van der Waals surface area contributed by atoms with Crippen LogP contribution in [0, 0.1) is 5.92 Å². The molecule has 108 valence electrons. The molecule has 0 aliphatic carbocycles. The lowest BCUT2D eigenvalue weighted by Gasteiger charge is -2.23. The van der Waals surface area contributed by atoms with Crippen molar-refractivity contribution in [3.63, 3.8) is 0 Å². The highest BCUT2D eigenvalue weighted by Crippen LogP contribution is 2.28. The molecule has 0 spiro atoms. The van der Waals surface area contributed by atoms with Gasteiger partial charge in [-0.3, -0.25) is 0 Å². The molecule has 1 unspecified atom stereocenters. The van der Waals surface area contributed by atoms with Gasteiger partial charge in [0.15, 0.2) is 0 Å².